The highest BCUT2D eigenvalue weighted by molar-refractivity contribution is 5.61. The van der Waals surface area contributed by atoms with E-state index in [0.29, 0.717) is 12.8 Å². The van der Waals surface area contributed by atoms with E-state index in [9.17, 15) is 9.59 Å². The fraction of sp³-hybridized carbons (Fsp3) is 0.714. The molecule has 0 aliphatic heterocycles. The lowest BCUT2D eigenvalue weighted by atomic mass is 10.0. The van der Waals surface area contributed by atoms with Crippen LogP contribution in [0.3, 0.4) is 0 Å². The van der Waals surface area contributed by atoms with Crippen molar-refractivity contribution in [3.63, 3.8) is 0 Å². The summed E-state index contributed by atoms with van der Waals surface area (Å²) in [5.74, 6) is 0. The van der Waals surface area contributed by atoms with Crippen LogP contribution in [-0.4, -0.2) is 36.7 Å². The van der Waals surface area contributed by atoms with Gasteiger partial charge in [0.05, 0.1) is 12.2 Å². The number of hydrogen-bond acceptors (Lipinski definition) is 6. The average molecular weight is 286 g/mol. The molecule has 0 aromatic carbocycles. The molecule has 1 aliphatic rings. The standard InChI is InChI=1S/C14H22O6/c1-9(2)17-13(15)19-11-5-7-12(8-6-11)20-14(16)18-10(3)4/h5,7,9-12H,6,8H2,1-4H3/t11-,12+. The van der Waals surface area contributed by atoms with Gasteiger partial charge in [-0.1, -0.05) is 0 Å². The highest BCUT2D eigenvalue weighted by Crippen LogP contribution is 2.18. The van der Waals surface area contributed by atoms with Crippen LogP contribution in [0, 0.1) is 0 Å². The fourth-order valence-electron chi connectivity index (χ4n) is 1.65. The summed E-state index contributed by atoms with van der Waals surface area (Å²) >= 11 is 0. The number of hydrogen-bond donors (Lipinski definition) is 0. The van der Waals surface area contributed by atoms with E-state index in [0.717, 1.165) is 0 Å². The van der Waals surface area contributed by atoms with E-state index < -0.39 is 12.3 Å². The second kappa shape index (κ2) is 7.77. The second-order valence-electron chi connectivity index (χ2n) is 5.11. The lowest BCUT2D eigenvalue weighted by Gasteiger charge is -2.23. The monoisotopic (exact) mass is 286 g/mol. The van der Waals surface area contributed by atoms with Gasteiger partial charge < -0.3 is 18.9 Å². The predicted octanol–water partition coefficient (Wildman–Crippen LogP) is 3.20. The zero-order valence-electron chi connectivity index (χ0n) is 12.3. The summed E-state index contributed by atoms with van der Waals surface area (Å²) in [6, 6.07) is 0. The molecular formula is C14H22O6. The molecule has 0 aromatic rings. The Labute approximate surface area is 119 Å². The fourth-order valence-corrected chi connectivity index (χ4v) is 1.65. The molecule has 0 saturated carbocycles. The summed E-state index contributed by atoms with van der Waals surface area (Å²) in [6.45, 7) is 7.01. The number of carbonyl (C=O) groups is 2. The predicted molar refractivity (Wildman–Crippen MR) is 71.4 cm³/mol. The van der Waals surface area contributed by atoms with Gasteiger partial charge in [-0.15, -0.1) is 0 Å². The van der Waals surface area contributed by atoms with Crippen molar-refractivity contribution in [1.82, 2.24) is 0 Å². The summed E-state index contributed by atoms with van der Waals surface area (Å²) in [5, 5.41) is 0. The van der Waals surface area contributed by atoms with Crippen molar-refractivity contribution < 1.29 is 28.5 Å². The summed E-state index contributed by atoms with van der Waals surface area (Å²) in [6.07, 6.45) is 2.04. The lowest BCUT2D eigenvalue weighted by Crippen LogP contribution is -2.27. The molecule has 2 atom stereocenters. The van der Waals surface area contributed by atoms with Gasteiger partial charge in [0.15, 0.2) is 0 Å². The van der Waals surface area contributed by atoms with Crippen LogP contribution in [0.5, 0.6) is 0 Å². The molecule has 20 heavy (non-hydrogen) atoms. The Kier molecular flexibility index (Phi) is 6.35. The SMILES string of the molecule is CC(C)OC(=O)O[C@@H]1C=C[C@H](OC(=O)OC(C)C)CC1. The van der Waals surface area contributed by atoms with Gasteiger partial charge in [-0.3, -0.25) is 0 Å². The van der Waals surface area contributed by atoms with Crippen LogP contribution in [-0.2, 0) is 18.9 Å². The molecule has 0 radical (unpaired) electrons. The minimum atomic E-state index is -0.687. The first kappa shape index (κ1) is 16.3. The highest BCUT2D eigenvalue weighted by Gasteiger charge is 2.23. The third-order valence-corrected chi connectivity index (χ3v) is 2.44. The van der Waals surface area contributed by atoms with Crippen molar-refractivity contribution in [2.24, 2.45) is 0 Å². The van der Waals surface area contributed by atoms with Gasteiger partial charge in [0.1, 0.15) is 12.2 Å². The molecule has 6 nitrogen and oxygen atoms in total. The molecule has 1 rings (SSSR count). The van der Waals surface area contributed by atoms with Crippen molar-refractivity contribution in [3.05, 3.63) is 12.2 Å². The van der Waals surface area contributed by atoms with Crippen molar-refractivity contribution in [2.45, 2.75) is 65.0 Å². The highest BCUT2D eigenvalue weighted by atomic mass is 16.7. The normalized spacial score (nSPS) is 21.7. The van der Waals surface area contributed by atoms with Crippen molar-refractivity contribution in [3.8, 4) is 0 Å². The van der Waals surface area contributed by atoms with E-state index >= 15 is 0 Å². The Morgan fingerprint density at radius 1 is 0.850 bits per heavy atom. The smallest absolute Gasteiger partial charge is 0.432 e. The molecule has 0 aromatic heterocycles. The molecular weight excluding hydrogens is 264 g/mol. The van der Waals surface area contributed by atoms with Crippen LogP contribution in [0.2, 0.25) is 0 Å². The van der Waals surface area contributed by atoms with E-state index in [1.54, 1.807) is 39.8 Å². The molecule has 114 valence electrons. The maximum Gasteiger partial charge on any atom is 0.509 e. The largest absolute Gasteiger partial charge is 0.509 e. The van der Waals surface area contributed by atoms with E-state index in [4.69, 9.17) is 18.9 Å². The van der Waals surface area contributed by atoms with Crippen LogP contribution in [0.4, 0.5) is 9.59 Å². The first-order valence-corrected chi connectivity index (χ1v) is 6.79. The second-order valence-corrected chi connectivity index (χ2v) is 5.11. The van der Waals surface area contributed by atoms with Crippen LogP contribution in [0.25, 0.3) is 0 Å². The molecule has 0 amide bonds. The van der Waals surface area contributed by atoms with Gasteiger partial charge in [-0.25, -0.2) is 9.59 Å². The number of rotatable bonds is 4. The van der Waals surface area contributed by atoms with Crippen molar-refractivity contribution >= 4 is 12.3 Å². The molecule has 6 heteroatoms. The summed E-state index contributed by atoms with van der Waals surface area (Å²) < 4.78 is 20.0. The number of carbonyl (C=O) groups excluding carboxylic acids is 2. The molecule has 0 spiro atoms. The first-order chi connectivity index (χ1) is 9.36. The molecule has 0 fully saturated rings. The zero-order valence-corrected chi connectivity index (χ0v) is 12.3. The van der Waals surface area contributed by atoms with Gasteiger partial charge in [0.2, 0.25) is 0 Å². The van der Waals surface area contributed by atoms with E-state index in [1.165, 1.54) is 0 Å². The third kappa shape index (κ3) is 6.45. The Morgan fingerprint density at radius 3 is 1.45 bits per heavy atom. The Bertz CT molecular complexity index is 327. The summed E-state index contributed by atoms with van der Waals surface area (Å²) in [5.41, 5.74) is 0. The topological polar surface area (TPSA) is 71.1 Å². The lowest BCUT2D eigenvalue weighted by molar-refractivity contribution is -0.00218. The van der Waals surface area contributed by atoms with Crippen LogP contribution in [0.1, 0.15) is 40.5 Å². The zero-order chi connectivity index (χ0) is 15.1. The van der Waals surface area contributed by atoms with Crippen LogP contribution < -0.4 is 0 Å². The minimum absolute atomic E-state index is 0.211. The van der Waals surface area contributed by atoms with Crippen molar-refractivity contribution in [1.29, 1.82) is 0 Å². The summed E-state index contributed by atoms with van der Waals surface area (Å²) in [7, 11) is 0. The molecule has 0 heterocycles. The van der Waals surface area contributed by atoms with Gasteiger partial charge >= 0.3 is 12.3 Å². The molecule has 1 aliphatic carbocycles. The summed E-state index contributed by atoms with van der Waals surface area (Å²) in [4.78, 5) is 22.6. The molecule has 0 unspecified atom stereocenters. The quantitative estimate of drug-likeness (QED) is 0.584. The average Bonchev–Trinajstić information content (AvgIpc) is 2.29. The van der Waals surface area contributed by atoms with Crippen LogP contribution in [0.15, 0.2) is 12.2 Å². The first-order valence-electron chi connectivity index (χ1n) is 6.79. The van der Waals surface area contributed by atoms with Gasteiger partial charge in [-0.05, 0) is 52.7 Å². The maximum absolute atomic E-state index is 11.3. The van der Waals surface area contributed by atoms with Gasteiger partial charge in [0, 0.05) is 0 Å². The maximum atomic E-state index is 11.3. The minimum Gasteiger partial charge on any atom is -0.432 e. The third-order valence-electron chi connectivity index (χ3n) is 2.44. The Hall–Kier alpha value is -1.72. The number of ether oxygens (including phenoxy) is 4. The molecule has 0 bridgehead atoms. The van der Waals surface area contributed by atoms with Gasteiger partial charge in [-0.2, -0.15) is 0 Å². The van der Waals surface area contributed by atoms with Gasteiger partial charge in [0.25, 0.3) is 0 Å². The Balaban J connectivity index is 2.33. The van der Waals surface area contributed by atoms with E-state index in [1.807, 2.05) is 0 Å². The van der Waals surface area contributed by atoms with Crippen molar-refractivity contribution in [2.75, 3.05) is 0 Å². The van der Waals surface area contributed by atoms with E-state index in [-0.39, 0.29) is 24.4 Å². The van der Waals surface area contributed by atoms with E-state index in [2.05, 4.69) is 0 Å². The molecule has 0 saturated heterocycles. The molecule has 0 N–H and O–H groups in total. The van der Waals surface area contributed by atoms with Crippen LogP contribution >= 0.6 is 0 Å². The Morgan fingerprint density at radius 2 is 1.20 bits per heavy atom.